The Morgan fingerprint density at radius 3 is 2.45 bits per heavy atom. The molecule has 1 saturated heterocycles. The molecule has 2 aromatic carbocycles. The summed E-state index contributed by atoms with van der Waals surface area (Å²) >= 11 is 6.29. The lowest BCUT2D eigenvalue weighted by Gasteiger charge is -2.41. The van der Waals surface area contributed by atoms with E-state index in [1.807, 2.05) is 35.2 Å². The van der Waals surface area contributed by atoms with Crippen LogP contribution in [-0.2, 0) is 22.6 Å². The van der Waals surface area contributed by atoms with Gasteiger partial charge in [-0.05, 0) is 24.1 Å². The maximum absolute atomic E-state index is 14.8. The lowest BCUT2D eigenvalue weighted by atomic mass is 10.0. The van der Waals surface area contributed by atoms with Crippen LogP contribution in [0.3, 0.4) is 0 Å². The van der Waals surface area contributed by atoms with Crippen molar-refractivity contribution in [3.05, 3.63) is 76.6 Å². The van der Waals surface area contributed by atoms with Gasteiger partial charge in [-0.15, -0.1) is 0 Å². The number of aromatic hydroxyl groups is 1. The number of piperazine rings is 1. The molecular weight excluding hydrogens is 581 g/mol. The van der Waals surface area contributed by atoms with E-state index in [0.717, 1.165) is 11.8 Å². The fourth-order valence-electron chi connectivity index (χ4n) is 4.77. The third-order valence-corrected chi connectivity index (χ3v) is 8.27. The number of hydrogen-bond acceptors (Lipinski definition) is 6. The second kappa shape index (κ2) is 10.2. The molecule has 0 saturated carbocycles. The predicted octanol–water partition coefficient (Wildman–Crippen LogP) is 4.77. The van der Waals surface area contributed by atoms with Crippen LogP contribution in [0.4, 0.5) is 27.8 Å². The van der Waals surface area contributed by atoms with Crippen molar-refractivity contribution in [3.63, 3.8) is 0 Å². The lowest BCUT2D eigenvalue weighted by Crippen LogP contribution is -2.55. The average Bonchev–Trinajstić information content (AvgIpc) is 3.22. The highest BCUT2D eigenvalue weighted by Gasteiger charge is 2.38. The normalized spacial score (nSPS) is 17.1. The van der Waals surface area contributed by atoms with Crippen LogP contribution < -0.4 is 4.90 Å². The average molecular weight is 602 g/mol. The van der Waals surface area contributed by atoms with Crippen molar-refractivity contribution >= 4 is 38.3 Å². The molecule has 1 aliphatic rings. The number of halogens is 6. The summed E-state index contributed by atoms with van der Waals surface area (Å²) in [4.78, 5) is 6.30. The van der Waals surface area contributed by atoms with Gasteiger partial charge in [0.25, 0.3) is 0 Å². The summed E-state index contributed by atoms with van der Waals surface area (Å²) in [5, 5.41) is 13.6. The Morgan fingerprint density at radius 1 is 1.10 bits per heavy atom. The molecule has 4 aromatic rings. The van der Waals surface area contributed by atoms with E-state index in [1.54, 1.807) is 0 Å². The predicted molar refractivity (Wildman–Crippen MR) is 138 cm³/mol. The fourth-order valence-corrected chi connectivity index (χ4v) is 5.85. The van der Waals surface area contributed by atoms with Crippen molar-refractivity contribution < 1.29 is 35.5 Å². The summed E-state index contributed by atoms with van der Waals surface area (Å²) < 4.78 is 95.4. The molecule has 5 rings (SSSR count). The number of nitrogens with zero attached hydrogens (tertiary/aromatic N) is 5. The smallest absolute Gasteiger partial charge is 0.419 e. The van der Waals surface area contributed by atoms with Gasteiger partial charge in [0.1, 0.15) is 11.5 Å². The summed E-state index contributed by atoms with van der Waals surface area (Å²) in [6, 6.07) is 10.8. The highest BCUT2D eigenvalue weighted by Crippen LogP contribution is 2.40. The zero-order valence-corrected chi connectivity index (χ0v) is 22.3. The quantitative estimate of drug-likeness (QED) is 0.332. The van der Waals surface area contributed by atoms with Crippen LogP contribution in [0, 0.1) is 11.6 Å². The maximum Gasteiger partial charge on any atom is 0.419 e. The van der Waals surface area contributed by atoms with E-state index in [0.29, 0.717) is 16.9 Å². The highest BCUT2D eigenvalue weighted by atomic mass is 35.5. The van der Waals surface area contributed by atoms with Gasteiger partial charge in [-0.1, -0.05) is 41.9 Å². The third-order valence-electron chi connectivity index (χ3n) is 6.72. The summed E-state index contributed by atoms with van der Waals surface area (Å²) in [5.41, 5.74) is -1.78. The van der Waals surface area contributed by atoms with E-state index in [2.05, 4.69) is 10.1 Å². The van der Waals surface area contributed by atoms with Gasteiger partial charge >= 0.3 is 6.18 Å². The van der Waals surface area contributed by atoms with Crippen LogP contribution >= 0.6 is 11.6 Å². The summed E-state index contributed by atoms with van der Waals surface area (Å²) in [6.07, 6.45) is -2.37. The Kier molecular flexibility index (Phi) is 7.13. The molecule has 8 nitrogen and oxygen atoms in total. The van der Waals surface area contributed by atoms with Crippen molar-refractivity contribution in [1.82, 2.24) is 19.1 Å². The minimum absolute atomic E-state index is 0.00108. The zero-order valence-electron chi connectivity index (χ0n) is 20.7. The molecule has 15 heteroatoms. The van der Waals surface area contributed by atoms with E-state index in [4.69, 9.17) is 11.6 Å². The minimum atomic E-state index is -5.22. The number of anilines is 1. The number of phenolic OH excluding ortho intramolecular Hbond substituents is 1. The van der Waals surface area contributed by atoms with Gasteiger partial charge in [-0.2, -0.15) is 22.6 Å². The van der Waals surface area contributed by atoms with E-state index in [-0.39, 0.29) is 47.8 Å². The lowest BCUT2D eigenvalue weighted by molar-refractivity contribution is -0.140. The number of alkyl halides is 3. The summed E-state index contributed by atoms with van der Waals surface area (Å²) in [6.45, 7) is 0.655. The molecule has 2 aromatic heterocycles. The number of pyridine rings is 1. The first-order chi connectivity index (χ1) is 18.8. The number of benzene rings is 2. The maximum atomic E-state index is 14.8. The Labute approximate surface area is 230 Å². The molecule has 0 amide bonds. The Morgan fingerprint density at radius 2 is 1.80 bits per heavy atom. The van der Waals surface area contributed by atoms with Crippen LogP contribution in [0.1, 0.15) is 11.1 Å². The molecule has 0 radical (unpaired) electrons. The van der Waals surface area contributed by atoms with Crippen LogP contribution in [0.25, 0.3) is 16.6 Å². The largest absolute Gasteiger partial charge is 0.503 e. The molecule has 40 heavy (non-hydrogen) atoms. The first kappa shape index (κ1) is 28.1. The molecule has 1 N–H and O–H groups in total. The first-order valence-corrected chi connectivity index (χ1v) is 14.1. The monoisotopic (exact) mass is 601 g/mol. The fraction of sp³-hybridized carbons (Fsp3) is 0.280. The third kappa shape index (κ3) is 5.18. The number of phenols is 1. The first-order valence-electron chi connectivity index (χ1n) is 11.8. The van der Waals surface area contributed by atoms with Gasteiger partial charge in [0.15, 0.2) is 22.5 Å². The molecule has 0 unspecified atom stereocenters. The van der Waals surface area contributed by atoms with Crippen LogP contribution in [0.5, 0.6) is 5.75 Å². The second-order valence-corrected chi connectivity index (χ2v) is 11.7. The molecule has 212 valence electrons. The zero-order chi connectivity index (χ0) is 29.0. The van der Waals surface area contributed by atoms with Gasteiger partial charge in [0, 0.05) is 31.1 Å². The second-order valence-electron chi connectivity index (χ2n) is 9.34. The van der Waals surface area contributed by atoms with Crippen LogP contribution in [0.2, 0.25) is 5.15 Å². The van der Waals surface area contributed by atoms with E-state index in [1.165, 1.54) is 16.6 Å². The molecule has 0 aliphatic carbocycles. The summed E-state index contributed by atoms with van der Waals surface area (Å²) in [5.74, 6) is -5.21. The van der Waals surface area contributed by atoms with E-state index < -0.39 is 44.8 Å². The molecular formula is C25H21ClF5N5O3S. The van der Waals surface area contributed by atoms with Gasteiger partial charge in [-0.25, -0.2) is 26.9 Å². The van der Waals surface area contributed by atoms with Gasteiger partial charge < -0.3 is 10.0 Å². The number of sulfonamides is 1. The van der Waals surface area contributed by atoms with E-state index >= 15 is 0 Å². The number of rotatable bonds is 5. The van der Waals surface area contributed by atoms with Crippen LogP contribution in [0.15, 0.2) is 48.7 Å². The Bertz CT molecular complexity index is 1700. The van der Waals surface area contributed by atoms with Crippen molar-refractivity contribution in [1.29, 1.82) is 0 Å². The molecule has 1 aliphatic heterocycles. The standard InChI is InChI=1S/C25H21ClF5N5O3S/c1-40(38,39)34-7-8-35(15(13-34)9-14-5-3-2-4-6-14)20-10-16-19(12-32-20)36(33-24(16)26)18-11-17(25(29,30)31)21(27)23(37)22(18)28/h2-6,10-12,15,37H,7-9,13H2,1H3/t15-/m1/s1. The Balaban J connectivity index is 1.57. The van der Waals surface area contributed by atoms with Gasteiger partial charge in [0.05, 0.1) is 23.5 Å². The SMILES string of the molecule is CS(=O)(=O)N1CCN(c2cc3c(Cl)nn(-c4cc(C(F)(F)F)c(F)c(O)c4F)c3cn2)[C@H](Cc2ccccc2)C1. The summed E-state index contributed by atoms with van der Waals surface area (Å²) in [7, 11) is -3.46. The highest BCUT2D eigenvalue weighted by molar-refractivity contribution is 7.88. The van der Waals surface area contributed by atoms with Crippen molar-refractivity contribution in [3.8, 4) is 11.4 Å². The van der Waals surface area contributed by atoms with E-state index in [9.17, 15) is 35.5 Å². The number of fused-ring (bicyclic) bond motifs is 1. The molecule has 1 atom stereocenters. The van der Waals surface area contributed by atoms with Crippen molar-refractivity contribution in [2.75, 3.05) is 30.8 Å². The molecule has 1 fully saturated rings. The van der Waals surface area contributed by atoms with Crippen LogP contribution in [-0.4, -0.2) is 64.5 Å². The molecule has 0 bridgehead atoms. The minimum Gasteiger partial charge on any atom is -0.503 e. The van der Waals surface area contributed by atoms with Gasteiger partial charge in [0.2, 0.25) is 10.0 Å². The molecule has 0 spiro atoms. The van der Waals surface area contributed by atoms with Gasteiger partial charge in [-0.3, -0.25) is 0 Å². The Hall–Kier alpha value is -3.49. The topological polar surface area (TPSA) is 91.6 Å². The van der Waals surface area contributed by atoms with Crippen molar-refractivity contribution in [2.45, 2.75) is 18.6 Å². The number of aromatic nitrogens is 3. The number of hydrogen-bond donors (Lipinski definition) is 1. The molecule has 3 heterocycles. The van der Waals surface area contributed by atoms with Crippen molar-refractivity contribution in [2.24, 2.45) is 0 Å².